The van der Waals surface area contributed by atoms with Crippen molar-refractivity contribution in [3.8, 4) is 11.5 Å². The van der Waals surface area contributed by atoms with E-state index >= 15 is 0 Å². The molecule has 0 amide bonds. The Bertz CT molecular complexity index is 421. The number of fused-ring (bicyclic) bond motifs is 1. The van der Waals surface area contributed by atoms with Crippen molar-refractivity contribution in [3.05, 3.63) is 22.8 Å². The molecule has 0 atom stereocenters. The Hall–Kier alpha value is -1.51. The fraction of sp³-hybridized carbons (Fsp3) is 0.417. The van der Waals surface area contributed by atoms with Gasteiger partial charge in [-0.05, 0) is 19.4 Å². The molecule has 0 aromatic heterocycles. The molecule has 3 nitrogen and oxygen atoms in total. The fourth-order valence-electron chi connectivity index (χ4n) is 2.15. The first-order valence-electron chi connectivity index (χ1n) is 4.96. The number of carbonyl (C=O) groups is 1. The Morgan fingerprint density at radius 2 is 1.93 bits per heavy atom. The van der Waals surface area contributed by atoms with Gasteiger partial charge in [0.2, 0.25) is 0 Å². The third-order valence-electron chi connectivity index (χ3n) is 2.91. The standard InChI is InChI=1S/C12H14O3/c1-7-11(14-2)6-9-8(12(7)15-3)4-5-10(9)13/h6H,4-5H2,1-3H3. The Labute approximate surface area is 89.0 Å². The average Bonchev–Trinajstić information content (AvgIpc) is 2.59. The maximum atomic E-state index is 11.6. The second-order valence-corrected chi connectivity index (χ2v) is 3.69. The van der Waals surface area contributed by atoms with Crippen LogP contribution < -0.4 is 9.47 Å². The summed E-state index contributed by atoms with van der Waals surface area (Å²) < 4.78 is 10.6. The Morgan fingerprint density at radius 3 is 2.53 bits per heavy atom. The molecule has 0 fully saturated rings. The molecule has 1 aromatic rings. The third kappa shape index (κ3) is 1.39. The van der Waals surface area contributed by atoms with E-state index in [1.54, 1.807) is 14.2 Å². The van der Waals surface area contributed by atoms with Crippen LogP contribution in [0.5, 0.6) is 11.5 Å². The van der Waals surface area contributed by atoms with Crippen molar-refractivity contribution in [2.75, 3.05) is 14.2 Å². The number of ketones is 1. The molecule has 0 heterocycles. The summed E-state index contributed by atoms with van der Waals surface area (Å²) in [6, 6.07) is 1.82. The summed E-state index contributed by atoms with van der Waals surface area (Å²) >= 11 is 0. The molecule has 0 saturated heterocycles. The molecular formula is C12H14O3. The topological polar surface area (TPSA) is 35.5 Å². The van der Waals surface area contributed by atoms with Crippen LogP contribution in [0.25, 0.3) is 0 Å². The number of carbonyl (C=O) groups excluding carboxylic acids is 1. The predicted octanol–water partition coefficient (Wildman–Crippen LogP) is 2.14. The highest BCUT2D eigenvalue weighted by atomic mass is 16.5. The molecule has 0 bridgehead atoms. The van der Waals surface area contributed by atoms with E-state index in [0.29, 0.717) is 6.42 Å². The first kappa shape index (κ1) is 10.0. The van der Waals surface area contributed by atoms with Gasteiger partial charge in [0.15, 0.2) is 5.78 Å². The zero-order valence-corrected chi connectivity index (χ0v) is 9.22. The van der Waals surface area contributed by atoms with Crippen LogP contribution in [0.1, 0.15) is 27.9 Å². The lowest BCUT2D eigenvalue weighted by Crippen LogP contribution is -1.99. The highest BCUT2D eigenvalue weighted by molar-refractivity contribution is 6.01. The summed E-state index contributed by atoms with van der Waals surface area (Å²) in [6.07, 6.45) is 1.36. The molecule has 0 N–H and O–H groups in total. The van der Waals surface area contributed by atoms with E-state index in [2.05, 4.69) is 0 Å². The van der Waals surface area contributed by atoms with Crippen LogP contribution in [-0.2, 0) is 6.42 Å². The van der Waals surface area contributed by atoms with Crippen molar-refractivity contribution < 1.29 is 14.3 Å². The van der Waals surface area contributed by atoms with Gasteiger partial charge in [0.25, 0.3) is 0 Å². The van der Waals surface area contributed by atoms with E-state index in [-0.39, 0.29) is 5.78 Å². The van der Waals surface area contributed by atoms with E-state index in [4.69, 9.17) is 9.47 Å². The van der Waals surface area contributed by atoms with Gasteiger partial charge in [0, 0.05) is 23.1 Å². The number of methoxy groups -OCH3 is 2. The molecule has 15 heavy (non-hydrogen) atoms. The molecule has 3 heteroatoms. The second-order valence-electron chi connectivity index (χ2n) is 3.69. The molecule has 0 aliphatic heterocycles. The molecule has 1 aliphatic rings. The smallest absolute Gasteiger partial charge is 0.163 e. The lowest BCUT2D eigenvalue weighted by Gasteiger charge is -2.13. The minimum atomic E-state index is 0.182. The highest BCUT2D eigenvalue weighted by Crippen LogP contribution is 2.38. The molecule has 0 spiro atoms. The average molecular weight is 206 g/mol. The van der Waals surface area contributed by atoms with Gasteiger partial charge in [0.05, 0.1) is 14.2 Å². The van der Waals surface area contributed by atoms with Crippen LogP contribution in [-0.4, -0.2) is 20.0 Å². The van der Waals surface area contributed by atoms with Gasteiger partial charge in [-0.15, -0.1) is 0 Å². The van der Waals surface area contributed by atoms with E-state index in [9.17, 15) is 4.79 Å². The van der Waals surface area contributed by atoms with Gasteiger partial charge in [0.1, 0.15) is 11.5 Å². The first-order valence-corrected chi connectivity index (χ1v) is 4.96. The Balaban J connectivity index is 2.68. The van der Waals surface area contributed by atoms with Gasteiger partial charge >= 0.3 is 0 Å². The van der Waals surface area contributed by atoms with Gasteiger partial charge in [-0.3, -0.25) is 4.79 Å². The molecule has 0 radical (unpaired) electrons. The van der Waals surface area contributed by atoms with Crippen LogP contribution in [0.15, 0.2) is 6.07 Å². The lowest BCUT2D eigenvalue weighted by atomic mass is 10.0. The molecule has 80 valence electrons. The van der Waals surface area contributed by atoms with Crippen molar-refractivity contribution in [2.24, 2.45) is 0 Å². The maximum absolute atomic E-state index is 11.6. The van der Waals surface area contributed by atoms with Crippen molar-refractivity contribution >= 4 is 5.78 Å². The second kappa shape index (κ2) is 3.57. The summed E-state index contributed by atoms with van der Waals surface area (Å²) in [7, 11) is 3.23. The van der Waals surface area contributed by atoms with Crippen LogP contribution >= 0.6 is 0 Å². The molecule has 2 rings (SSSR count). The van der Waals surface area contributed by atoms with Crippen molar-refractivity contribution in [2.45, 2.75) is 19.8 Å². The van der Waals surface area contributed by atoms with Crippen molar-refractivity contribution in [1.82, 2.24) is 0 Å². The highest BCUT2D eigenvalue weighted by Gasteiger charge is 2.26. The lowest BCUT2D eigenvalue weighted by molar-refractivity contribution is 0.0994. The quantitative estimate of drug-likeness (QED) is 0.743. The largest absolute Gasteiger partial charge is 0.496 e. The molecule has 0 saturated carbocycles. The summed E-state index contributed by atoms with van der Waals surface area (Å²) in [5, 5.41) is 0. The predicted molar refractivity (Wildman–Crippen MR) is 56.9 cm³/mol. The minimum absolute atomic E-state index is 0.182. The van der Waals surface area contributed by atoms with E-state index in [1.807, 2.05) is 13.0 Å². The summed E-state index contributed by atoms with van der Waals surface area (Å²) in [5.74, 6) is 1.71. The molecule has 1 aromatic carbocycles. The minimum Gasteiger partial charge on any atom is -0.496 e. The fourth-order valence-corrected chi connectivity index (χ4v) is 2.15. The maximum Gasteiger partial charge on any atom is 0.163 e. The number of hydrogen-bond acceptors (Lipinski definition) is 3. The van der Waals surface area contributed by atoms with Crippen LogP contribution in [0.3, 0.4) is 0 Å². The van der Waals surface area contributed by atoms with E-state index in [0.717, 1.165) is 34.6 Å². The van der Waals surface area contributed by atoms with Crippen molar-refractivity contribution in [1.29, 1.82) is 0 Å². The summed E-state index contributed by atoms with van der Waals surface area (Å²) in [6.45, 7) is 1.95. The molecule has 1 aliphatic carbocycles. The monoisotopic (exact) mass is 206 g/mol. The number of ether oxygens (including phenoxy) is 2. The number of hydrogen-bond donors (Lipinski definition) is 0. The van der Waals surface area contributed by atoms with E-state index in [1.165, 1.54) is 0 Å². The number of rotatable bonds is 2. The summed E-state index contributed by atoms with van der Waals surface area (Å²) in [4.78, 5) is 11.6. The van der Waals surface area contributed by atoms with Gasteiger partial charge in [-0.25, -0.2) is 0 Å². The zero-order chi connectivity index (χ0) is 11.0. The van der Waals surface area contributed by atoms with Gasteiger partial charge in [-0.2, -0.15) is 0 Å². The summed E-state index contributed by atoms with van der Waals surface area (Å²) in [5.41, 5.74) is 2.75. The Kier molecular flexibility index (Phi) is 2.39. The zero-order valence-electron chi connectivity index (χ0n) is 9.22. The van der Waals surface area contributed by atoms with Crippen LogP contribution in [0.4, 0.5) is 0 Å². The third-order valence-corrected chi connectivity index (χ3v) is 2.91. The normalized spacial score (nSPS) is 13.9. The van der Waals surface area contributed by atoms with Gasteiger partial charge < -0.3 is 9.47 Å². The molecular weight excluding hydrogens is 192 g/mol. The van der Waals surface area contributed by atoms with Gasteiger partial charge in [-0.1, -0.05) is 0 Å². The van der Waals surface area contributed by atoms with Crippen LogP contribution in [0, 0.1) is 6.92 Å². The molecule has 0 unspecified atom stereocenters. The Morgan fingerprint density at radius 1 is 1.20 bits per heavy atom. The van der Waals surface area contributed by atoms with E-state index < -0.39 is 0 Å². The number of Topliss-reactive ketones (excluding diaryl/α,β-unsaturated/α-hetero) is 1. The number of benzene rings is 1. The SMILES string of the molecule is COc1cc2c(c(OC)c1C)CCC2=O. The van der Waals surface area contributed by atoms with Crippen molar-refractivity contribution in [3.63, 3.8) is 0 Å². The van der Waals surface area contributed by atoms with Crippen LogP contribution in [0.2, 0.25) is 0 Å². The first-order chi connectivity index (χ1) is 7.19.